The summed E-state index contributed by atoms with van der Waals surface area (Å²) in [4.78, 5) is 44.7. The van der Waals surface area contributed by atoms with Gasteiger partial charge in [0.25, 0.3) is 11.8 Å². The normalized spacial score (nSPS) is 18.6. The van der Waals surface area contributed by atoms with Crippen molar-refractivity contribution in [1.29, 1.82) is 0 Å². The first-order valence-electron chi connectivity index (χ1n) is 20.5. The third-order valence-electron chi connectivity index (χ3n) is 8.87. The summed E-state index contributed by atoms with van der Waals surface area (Å²) < 4.78 is 27.5. The minimum absolute atomic E-state index is 0.00350. The minimum Gasteiger partial charge on any atom is -0.475 e. The van der Waals surface area contributed by atoms with E-state index < -0.39 is 23.5 Å². The van der Waals surface area contributed by atoms with Crippen LogP contribution in [-0.2, 0) is 14.2 Å². The van der Waals surface area contributed by atoms with Gasteiger partial charge in [0.2, 0.25) is 11.8 Å². The molecule has 22 nitrogen and oxygen atoms in total. The molecule has 4 aromatic heterocycles. The Balaban J connectivity index is 0.000000243. The maximum absolute atomic E-state index is 12.3. The van der Waals surface area contributed by atoms with Crippen molar-refractivity contribution in [2.45, 2.75) is 103 Å². The molecule has 6 rings (SSSR count). The molecule has 0 spiro atoms. The fourth-order valence-corrected chi connectivity index (χ4v) is 6.17. The highest BCUT2D eigenvalue weighted by Gasteiger charge is 2.30. The topological polar surface area (TPSA) is 313 Å². The second kappa shape index (κ2) is 21.9. The molecule has 340 valence electrons. The van der Waals surface area contributed by atoms with Crippen LogP contribution in [0.4, 0.5) is 39.4 Å². The van der Waals surface area contributed by atoms with Crippen LogP contribution in [0.1, 0.15) is 82.3 Å². The molecule has 4 aromatic rings. The summed E-state index contributed by atoms with van der Waals surface area (Å²) in [7, 11) is 0. The van der Waals surface area contributed by atoms with Crippen molar-refractivity contribution in [1.82, 2.24) is 35.7 Å². The number of primary amides is 2. The van der Waals surface area contributed by atoms with Crippen LogP contribution in [0.3, 0.4) is 0 Å². The molecule has 22 heteroatoms. The number of hydrogen-bond acceptors (Lipinski definition) is 19. The number of nitrogens with two attached hydrogens (primary N) is 3. The van der Waals surface area contributed by atoms with Crippen molar-refractivity contribution >= 4 is 52.6 Å². The first-order valence-corrected chi connectivity index (χ1v) is 20.5. The molecule has 0 aromatic carbocycles. The standard InChI is InChI=1S/C23H33N7O5.C18H25N7O3/c1-13(2)34-19-8-6-7-17(28-19)26-15-11-18(29-30-20(15)21(24)31)25-14-9-10-33-12-16(14)27-22(32)35-23(3,4)5;1-10(2)28-16-5-3-4-14(23-16)22-13-8-15(24-25-17(13)18(20)26)21-12-6-7-27-9-11(12)19/h6-8,11,13-14,16H,9-10,12H2,1-5H3,(H2,24,31)(H,27,32)(H2,25,26,28,29);3-5,8,10-12H,6-7,9,19H2,1-2H3,(H2,20,26)(H2,21,22,23,24)/t14-,16+;11-,12+/m10/s1. The van der Waals surface area contributed by atoms with E-state index >= 15 is 0 Å². The Labute approximate surface area is 365 Å². The van der Waals surface area contributed by atoms with Gasteiger partial charge in [-0.3, -0.25) is 9.59 Å². The van der Waals surface area contributed by atoms with Crippen molar-refractivity contribution in [3.05, 3.63) is 59.9 Å². The van der Waals surface area contributed by atoms with Gasteiger partial charge in [0.05, 0.1) is 48.9 Å². The Bertz CT molecular complexity index is 2170. The number of carbonyl (C=O) groups is 3. The number of alkyl carbamates (subject to hydrolysis) is 1. The lowest BCUT2D eigenvalue weighted by Crippen LogP contribution is -2.53. The van der Waals surface area contributed by atoms with Crippen LogP contribution in [0.5, 0.6) is 11.8 Å². The zero-order valence-electron chi connectivity index (χ0n) is 36.5. The van der Waals surface area contributed by atoms with E-state index in [0.29, 0.717) is 79.3 Å². The molecule has 0 unspecified atom stereocenters. The largest absolute Gasteiger partial charge is 0.475 e. The summed E-state index contributed by atoms with van der Waals surface area (Å²) in [6.45, 7) is 14.9. The van der Waals surface area contributed by atoms with E-state index in [-0.39, 0.29) is 47.8 Å². The molecule has 0 aliphatic carbocycles. The molecule has 2 fully saturated rings. The van der Waals surface area contributed by atoms with Crippen LogP contribution in [0.15, 0.2) is 48.5 Å². The van der Waals surface area contributed by atoms with E-state index in [9.17, 15) is 14.4 Å². The van der Waals surface area contributed by atoms with Crippen LogP contribution in [0.25, 0.3) is 0 Å². The van der Waals surface area contributed by atoms with Gasteiger partial charge in [0.15, 0.2) is 23.0 Å². The van der Waals surface area contributed by atoms with Crippen LogP contribution in [-0.4, -0.2) is 117 Å². The second-order valence-corrected chi connectivity index (χ2v) is 16.2. The number of ether oxygens (including phenoxy) is 5. The molecule has 0 bridgehead atoms. The number of rotatable bonds is 15. The van der Waals surface area contributed by atoms with Crippen molar-refractivity contribution < 1.29 is 38.1 Å². The van der Waals surface area contributed by atoms with Crippen LogP contribution in [0, 0.1) is 0 Å². The average Bonchev–Trinajstić information content (AvgIpc) is 3.19. The van der Waals surface area contributed by atoms with E-state index in [2.05, 4.69) is 56.9 Å². The molecule has 6 heterocycles. The maximum Gasteiger partial charge on any atom is 0.408 e. The first kappa shape index (κ1) is 47.4. The third kappa shape index (κ3) is 15.0. The van der Waals surface area contributed by atoms with E-state index in [1.165, 1.54) is 0 Å². The number of nitrogens with zero attached hydrogens (tertiary/aromatic N) is 6. The van der Waals surface area contributed by atoms with E-state index in [0.717, 1.165) is 6.42 Å². The smallest absolute Gasteiger partial charge is 0.408 e. The SMILES string of the molecule is CC(C)Oc1cccc(Nc2cc(N[C@@H]3CCOC[C@@H]3N)nnc2C(N)=O)n1.CC(C)Oc1cccc(Nc2cc(N[C@@H]3CCOC[C@@H]3NC(=O)OC(C)(C)C)nnc2C(N)=O)n1. The Kier molecular flexibility index (Phi) is 16.5. The molecular weight excluding hydrogens is 817 g/mol. The minimum atomic E-state index is -0.739. The fourth-order valence-electron chi connectivity index (χ4n) is 6.17. The molecule has 11 N–H and O–H groups in total. The number of nitrogens with one attached hydrogen (secondary N) is 5. The molecule has 0 saturated carbocycles. The van der Waals surface area contributed by atoms with Gasteiger partial charge in [-0.2, -0.15) is 9.97 Å². The molecule has 2 aliphatic rings. The quantitative estimate of drug-likeness (QED) is 0.0845. The first-order chi connectivity index (χ1) is 29.9. The van der Waals surface area contributed by atoms with Gasteiger partial charge in [-0.25, -0.2) is 4.79 Å². The predicted molar refractivity (Wildman–Crippen MR) is 234 cm³/mol. The number of amides is 3. The molecular formula is C41H58N14O8. The molecule has 63 heavy (non-hydrogen) atoms. The highest BCUT2D eigenvalue weighted by atomic mass is 16.6. The van der Waals surface area contributed by atoms with Gasteiger partial charge in [-0.1, -0.05) is 12.1 Å². The lowest BCUT2D eigenvalue weighted by Gasteiger charge is -2.33. The van der Waals surface area contributed by atoms with Gasteiger partial charge in [0, 0.05) is 49.6 Å². The Morgan fingerprint density at radius 1 is 0.683 bits per heavy atom. The second-order valence-electron chi connectivity index (χ2n) is 16.2. The lowest BCUT2D eigenvalue weighted by atomic mass is 10.0. The van der Waals surface area contributed by atoms with Crippen LogP contribution < -0.4 is 53.3 Å². The number of anilines is 6. The summed E-state index contributed by atoms with van der Waals surface area (Å²) in [6.07, 6.45) is 0.773. The van der Waals surface area contributed by atoms with Crippen molar-refractivity contribution in [2.24, 2.45) is 17.2 Å². The van der Waals surface area contributed by atoms with Gasteiger partial charge < -0.3 is 67.5 Å². The van der Waals surface area contributed by atoms with Gasteiger partial charge in [0.1, 0.15) is 17.2 Å². The zero-order chi connectivity index (χ0) is 45.7. The molecule has 4 atom stereocenters. The monoisotopic (exact) mass is 874 g/mol. The van der Waals surface area contributed by atoms with Crippen molar-refractivity contribution in [3.8, 4) is 11.8 Å². The van der Waals surface area contributed by atoms with E-state index in [4.69, 9.17) is 40.9 Å². The van der Waals surface area contributed by atoms with Gasteiger partial charge in [-0.05, 0) is 73.4 Å². The molecule has 3 amide bonds. The average molecular weight is 875 g/mol. The van der Waals surface area contributed by atoms with Gasteiger partial charge >= 0.3 is 6.09 Å². The Hall–Kier alpha value is -6.65. The molecule has 2 aliphatic heterocycles. The van der Waals surface area contributed by atoms with Crippen molar-refractivity contribution in [3.63, 3.8) is 0 Å². The lowest BCUT2D eigenvalue weighted by molar-refractivity contribution is 0.0317. The summed E-state index contributed by atoms with van der Waals surface area (Å²) in [5.74, 6) is 1.26. The van der Waals surface area contributed by atoms with Crippen LogP contribution in [0.2, 0.25) is 0 Å². The highest BCUT2D eigenvalue weighted by molar-refractivity contribution is 5.98. The van der Waals surface area contributed by atoms with Gasteiger partial charge in [-0.15, -0.1) is 20.4 Å². The van der Waals surface area contributed by atoms with E-state index in [1.54, 1.807) is 69.3 Å². The van der Waals surface area contributed by atoms with E-state index in [1.807, 2.05) is 27.7 Å². The number of carbonyl (C=O) groups excluding carboxylic acids is 3. The summed E-state index contributed by atoms with van der Waals surface area (Å²) in [6, 6.07) is 13.1. The summed E-state index contributed by atoms with van der Waals surface area (Å²) in [5, 5.41) is 31.6. The highest BCUT2D eigenvalue weighted by Crippen LogP contribution is 2.26. The number of pyridine rings is 2. The molecule has 2 saturated heterocycles. The fraction of sp³-hybridized carbons (Fsp3) is 0.488. The number of hydrogen-bond donors (Lipinski definition) is 8. The van der Waals surface area contributed by atoms with Crippen LogP contribution >= 0.6 is 0 Å². The Morgan fingerprint density at radius 3 is 1.62 bits per heavy atom. The number of aromatic nitrogens is 6. The Morgan fingerprint density at radius 2 is 1.16 bits per heavy atom. The third-order valence-corrected chi connectivity index (χ3v) is 8.87. The zero-order valence-corrected chi connectivity index (χ0v) is 36.5. The summed E-state index contributed by atoms with van der Waals surface area (Å²) >= 11 is 0. The molecule has 0 radical (unpaired) electrons. The maximum atomic E-state index is 12.3. The predicted octanol–water partition coefficient (Wildman–Crippen LogP) is 3.62. The summed E-state index contributed by atoms with van der Waals surface area (Å²) in [5.41, 5.74) is 17.1. The van der Waals surface area contributed by atoms with Crippen molar-refractivity contribution in [2.75, 3.05) is 47.7 Å².